The number of nitrogens with two attached hydrogens (primary N) is 1. The molecule has 176 valence electrons. The third-order valence-electron chi connectivity index (χ3n) is 5.36. The highest BCUT2D eigenvalue weighted by Gasteiger charge is 2.16. The number of aliphatic carboxylic acids is 1. The Morgan fingerprint density at radius 3 is 2.35 bits per heavy atom. The van der Waals surface area contributed by atoms with E-state index < -0.39 is 12.0 Å². The zero-order valence-corrected chi connectivity index (χ0v) is 20.4. The largest absolute Gasteiger partial charge is 0.497 e. The van der Waals surface area contributed by atoms with Crippen LogP contribution in [0, 0.1) is 0 Å². The lowest BCUT2D eigenvalue weighted by Gasteiger charge is -2.13. The number of rotatable bonds is 7. The molecule has 7 nitrogen and oxygen atoms in total. The Morgan fingerprint density at radius 1 is 1.06 bits per heavy atom. The molecule has 0 saturated carbocycles. The second kappa shape index (κ2) is 11.0. The zero-order chi connectivity index (χ0) is 23.5. The van der Waals surface area contributed by atoms with E-state index >= 15 is 0 Å². The first-order chi connectivity index (χ1) is 15.9. The average molecular weight is 520 g/mol. The van der Waals surface area contributed by atoms with Crippen LogP contribution in [0.2, 0.25) is 10.0 Å². The summed E-state index contributed by atoms with van der Waals surface area (Å²) < 4.78 is 5.43. The van der Waals surface area contributed by atoms with E-state index in [2.05, 4.69) is 15.2 Å². The van der Waals surface area contributed by atoms with Crippen molar-refractivity contribution in [1.82, 2.24) is 15.2 Å². The van der Waals surface area contributed by atoms with Gasteiger partial charge in [0.2, 0.25) is 0 Å². The minimum Gasteiger partial charge on any atom is -0.497 e. The fourth-order valence-electron chi connectivity index (χ4n) is 3.57. The molecule has 0 fully saturated rings. The summed E-state index contributed by atoms with van der Waals surface area (Å²) in [7, 11) is 1.60. The van der Waals surface area contributed by atoms with E-state index in [1.807, 2.05) is 42.5 Å². The van der Waals surface area contributed by atoms with Crippen molar-refractivity contribution in [2.75, 3.05) is 7.11 Å². The van der Waals surface area contributed by atoms with Crippen LogP contribution in [0.15, 0.2) is 54.9 Å². The summed E-state index contributed by atoms with van der Waals surface area (Å²) in [5, 5.41) is 20.7. The van der Waals surface area contributed by atoms with Gasteiger partial charge in [-0.05, 0) is 35.7 Å². The number of pyridine rings is 1. The normalized spacial score (nSPS) is 11.6. The number of carbonyl (C=O) groups is 1. The van der Waals surface area contributed by atoms with Crippen molar-refractivity contribution in [1.29, 1.82) is 0 Å². The van der Waals surface area contributed by atoms with Crippen molar-refractivity contribution in [3.63, 3.8) is 0 Å². The molecule has 2 aromatic heterocycles. The lowest BCUT2D eigenvalue weighted by Crippen LogP contribution is -2.32. The first-order valence-corrected chi connectivity index (χ1v) is 10.8. The maximum atomic E-state index is 11.0. The molecule has 3 N–H and O–H groups in total. The summed E-state index contributed by atoms with van der Waals surface area (Å²) in [4.78, 5) is 15.0. The van der Waals surface area contributed by atoms with Gasteiger partial charge in [0, 0.05) is 35.2 Å². The molecule has 2 heterocycles. The van der Waals surface area contributed by atoms with E-state index in [9.17, 15) is 4.79 Å². The number of methoxy groups -OCH3 is 1. The van der Waals surface area contributed by atoms with Crippen molar-refractivity contribution < 1.29 is 14.6 Å². The molecule has 1 unspecified atom stereocenters. The molecular formula is C24H21Cl3N4O3. The molecule has 0 aliphatic carbocycles. The summed E-state index contributed by atoms with van der Waals surface area (Å²) in [6.45, 7) is 0. The Kier molecular flexibility index (Phi) is 8.28. The fourth-order valence-corrected chi connectivity index (χ4v) is 4.07. The molecule has 1 atom stereocenters. The van der Waals surface area contributed by atoms with E-state index in [4.69, 9.17) is 38.8 Å². The third kappa shape index (κ3) is 5.39. The van der Waals surface area contributed by atoms with Gasteiger partial charge in [-0.1, -0.05) is 47.5 Å². The summed E-state index contributed by atoms with van der Waals surface area (Å²) in [5.41, 5.74) is 9.42. The first-order valence-electron chi connectivity index (χ1n) is 10.1. The van der Waals surface area contributed by atoms with Crippen molar-refractivity contribution >= 4 is 52.4 Å². The van der Waals surface area contributed by atoms with Crippen LogP contribution in [0.4, 0.5) is 0 Å². The van der Waals surface area contributed by atoms with Crippen LogP contribution in [0.3, 0.4) is 0 Å². The van der Waals surface area contributed by atoms with Gasteiger partial charge >= 0.3 is 5.97 Å². The molecule has 10 heteroatoms. The number of carboxylic acids is 1. The number of fused-ring (bicyclic) bond motifs is 1. The highest BCUT2D eigenvalue weighted by atomic mass is 35.5. The molecule has 4 aromatic rings. The number of nitrogens with zero attached hydrogens (tertiary/aromatic N) is 3. The highest BCUT2D eigenvalue weighted by Crippen LogP contribution is 2.33. The topological polar surface area (TPSA) is 111 Å². The van der Waals surface area contributed by atoms with E-state index in [1.54, 1.807) is 19.5 Å². The van der Waals surface area contributed by atoms with Crippen molar-refractivity contribution in [3.05, 3.63) is 81.7 Å². The van der Waals surface area contributed by atoms with Gasteiger partial charge in [0.05, 0.1) is 22.8 Å². The predicted molar refractivity (Wildman–Crippen MR) is 135 cm³/mol. The molecule has 34 heavy (non-hydrogen) atoms. The average Bonchev–Trinajstić information content (AvgIpc) is 2.81. The lowest BCUT2D eigenvalue weighted by molar-refractivity contribution is -0.138. The number of ether oxygens (including phenoxy) is 1. The zero-order valence-electron chi connectivity index (χ0n) is 18.0. The van der Waals surface area contributed by atoms with E-state index in [0.717, 1.165) is 33.2 Å². The second-order valence-electron chi connectivity index (χ2n) is 7.51. The number of hydrogen-bond acceptors (Lipinski definition) is 6. The molecule has 2 aromatic carbocycles. The monoisotopic (exact) mass is 518 g/mol. The molecule has 0 bridgehead atoms. The van der Waals surface area contributed by atoms with Crippen molar-refractivity contribution in [2.45, 2.75) is 18.9 Å². The van der Waals surface area contributed by atoms with Crippen LogP contribution in [-0.4, -0.2) is 39.4 Å². The maximum absolute atomic E-state index is 11.0. The quantitative estimate of drug-likeness (QED) is 0.354. The summed E-state index contributed by atoms with van der Waals surface area (Å²) in [6, 6.07) is 12.2. The van der Waals surface area contributed by atoms with E-state index in [-0.39, 0.29) is 18.8 Å². The number of aromatic nitrogens is 3. The molecule has 0 aliphatic heterocycles. The van der Waals surface area contributed by atoms with Crippen LogP contribution in [0.25, 0.3) is 22.0 Å². The standard InChI is InChI=1S/C24H20Cl2N4O3.ClH/c1-33-15-6-7-16-17(9-15)23(14-4-2-13(3-5-14)8-21(27)24(31)32)30-29-22(16)10-18-19(25)11-28-12-20(18)26;/h2-7,9,11-12,21H,8,10,27H2,1H3,(H,31,32);1H. The van der Waals surface area contributed by atoms with Gasteiger partial charge in [-0.15, -0.1) is 17.5 Å². The smallest absolute Gasteiger partial charge is 0.320 e. The van der Waals surface area contributed by atoms with Crippen LogP contribution in [0.1, 0.15) is 16.8 Å². The SMILES string of the molecule is COc1ccc2c(Cc3c(Cl)cncc3Cl)nnc(-c3ccc(CC(N)C(=O)O)cc3)c2c1.Cl. The van der Waals surface area contributed by atoms with Gasteiger partial charge in [0.25, 0.3) is 0 Å². The number of hydrogen-bond donors (Lipinski definition) is 2. The summed E-state index contributed by atoms with van der Waals surface area (Å²) >= 11 is 12.6. The van der Waals surface area contributed by atoms with Gasteiger partial charge < -0.3 is 15.6 Å². The number of carboxylic acid groups (broad SMARTS) is 1. The van der Waals surface area contributed by atoms with Crippen molar-refractivity contribution in [2.24, 2.45) is 5.73 Å². The van der Waals surface area contributed by atoms with Crippen molar-refractivity contribution in [3.8, 4) is 17.0 Å². The minimum absolute atomic E-state index is 0. The van der Waals surface area contributed by atoms with Crippen LogP contribution in [-0.2, 0) is 17.6 Å². The Labute approximate surface area is 212 Å². The Hall–Kier alpha value is -2.97. The first kappa shape index (κ1) is 25.6. The van der Waals surface area contributed by atoms with Crippen LogP contribution in [0.5, 0.6) is 5.75 Å². The highest BCUT2D eigenvalue weighted by molar-refractivity contribution is 6.35. The van der Waals surface area contributed by atoms with Crippen LogP contribution < -0.4 is 10.5 Å². The second-order valence-corrected chi connectivity index (χ2v) is 8.33. The fraction of sp³-hybridized carbons (Fsp3) is 0.167. The van der Waals surface area contributed by atoms with E-state index in [0.29, 0.717) is 27.9 Å². The maximum Gasteiger partial charge on any atom is 0.320 e. The van der Waals surface area contributed by atoms with Gasteiger partial charge in [-0.2, -0.15) is 5.10 Å². The molecule has 0 radical (unpaired) electrons. The van der Waals surface area contributed by atoms with Gasteiger partial charge in [0.1, 0.15) is 17.5 Å². The Balaban J connectivity index is 0.00000324. The van der Waals surface area contributed by atoms with Gasteiger partial charge in [0.15, 0.2) is 0 Å². The molecule has 0 amide bonds. The third-order valence-corrected chi connectivity index (χ3v) is 6.01. The van der Waals surface area contributed by atoms with Gasteiger partial charge in [-0.25, -0.2) is 0 Å². The molecule has 0 saturated heterocycles. The Morgan fingerprint density at radius 2 is 1.74 bits per heavy atom. The number of halogens is 3. The lowest BCUT2D eigenvalue weighted by atomic mass is 9.98. The van der Waals surface area contributed by atoms with Crippen LogP contribution >= 0.6 is 35.6 Å². The summed E-state index contributed by atoms with van der Waals surface area (Å²) in [5.74, 6) is -0.347. The number of benzene rings is 2. The predicted octanol–water partition coefficient (Wildman–Crippen LogP) is 4.97. The molecule has 4 rings (SSSR count). The van der Waals surface area contributed by atoms with E-state index in [1.165, 1.54) is 0 Å². The molecule has 0 aliphatic rings. The molecule has 0 spiro atoms. The van der Waals surface area contributed by atoms with Gasteiger partial charge in [-0.3, -0.25) is 9.78 Å². The molecular weight excluding hydrogens is 499 g/mol. The summed E-state index contributed by atoms with van der Waals surface area (Å²) in [6.07, 6.45) is 3.73. The Bertz CT molecular complexity index is 1310. The minimum atomic E-state index is -1.03.